The first-order valence-corrected chi connectivity index (χ1v) is 14.9. The molecule has 1 aromatic heterocycles. The number of nitrogens with one attached hydrogen (secondary N) is 1. The molecule has 1 saturated heterocycles. The average molecular weight is 653 g/mol. The summed E-state index contributed by atoms with van der Waals surface area (Å²) in [7, 11) is -2.44. The van der Waals surface area contributed by atoms with Gasteiger partial charge in [-0.05, 0) is 31.0 Å². The van der Waals surface area contributed by atoms with Gasteiger partial charge in [-0.2, -0.15) is 4.39 Å². The van der Waals surface area contributed by atoms with Gasteiger partial charge in [0.05, 0.1) is 25.6 Å². The van der Waals surface area contributed by atoms with E-state index in [0.29, 0.717) is 10.8 Å². The van der Waals surface area contributed by atoms with E-state index in [1.807, 2.05) is 33.9 Å². The second-order valence-electron chi connectivity index (χ2n) is 10.4. The normalized spacial score (nSPS) is 20.3. The van der Waals surface area contributed by atoms with Crippen molar-refractivity contribution in [3.05, 3.63) is 32.9 Å². The van der Waals surface area contributed by atoms with Crippen molar-refractivity contribution in [3.8, 4) is 0 Å². The minimum Gasteiger partial charge on any atom is -0.550 e. The summed E-state index contributed by atoms with van der Waals surface area (Å²) in [5, 5.41) is 21.3. The number of H-pyrrole nitrogens is 1. The first-order chi connectivity index (χ1) is 17.9. The molecule has 0 saturated carbocycles. The van der Waals surface area contributed by atoms with Gasteiger partial charge in [0.2, 0.25) is 5.82 Å². The van der Waals surface area contributed by atoms with Gasteiger partial charge in [0, 0.05) is 11.9 Å². The van der Waals surface area contributed by atoms with E-state index in [1.165, 1.54) is 0 Å². The molecule has 1 aliphatic heterocycles. The molecule has 1 aliphatic rings. The van der Waals surface area contributed by atoms with Crippen molar-refractivity contribution in [2.45, 2.75) is 89.1 Å². The zero-order valence-corrected chi connectivity index (χ0v) is 31.4. The van der Waals surface area contributed by atoms with Crippen LogP contribution in [-0.4, -0.2) is 66.7 Å². The maximum atomic E-state index is 14.1. The van der Waals surface area contributed by atoms with Crippen molar-refractivity contribution in [3.63, 3.8) is 0 Å². The number of aromatic nitrogens is 2. The van der Waals surface area contributed by atoms with E-state index in [0.717, 1.165) is 0 Å². The molecule has 41 heavy (non-hydrogen) atoms. The standard InChI is InChI=1S/C23H33FN2O12Si.2K/c1-23(2,3)39(4,5)35-11-13-18(37-16(31)8-6-14(27)28)19(38-17(32)9-7-15(29)30)21(36-13)26-10-12(24)20(33)25-22(26)34;;/h10,13,18-19,21H,6-9,11H2,1-5H3,(H,27,28)(H,29,30)(H,25,33,34);;/q;2*+1/p-2/t13-,18-,19-,21-;;/m1../s1. The number of esters is 2. The number of hydrogen-bond donors (Lipinski definition) is 1. The summed E-state index contributed by atoms with van der Waals surface area (Å²) in [5.41, 5.74) is -2.46. The largest absolute Gasteiger partial charge is 1.00 e. The van der Waals surface area contributed by atoms with Crippen LogP contribution in [0.3, 0.4) is 0 Å². The molecule has 18 heteroatoms. The fourth-order valence-corrected chi connectivity index (χ4v) is 4.33. The van der Waals surface area contributed by atoms with Gasteiger partial charge in [-0.3, -0.25) is 23.9 Å². The van der Waals surface area contributed by atoms with E-state index in [1.54, 1.807) is 4.98 Å². The van der Waals surface area contributed by atoms with E-state index >= 15 is 0 Å². The van der Waals surface area contributed by atoms with Crippen molar-refractivity contribution in [1.29, 1.82) is 0 Å². The minimum atomic E-state index is -2.44. The van der Waals surface area contributed by atoms with Crippen molar-refractivity contribution in [2.24, 2.45) is 0 Å². The van der Waals surface area contributed by atoms with E-state index in [-0.39, 0.29) is 114 Å². The number of rotatable bonds is 12. The Kier molecular flexibility index (Phi) is 17.4. The summed E-state index contributed by atoms with van der Waals surface area (Å²) in [4.78, 5) is 72.3. The molecule has 0 amide bonds. The number of aromatic amines is 1. The van der Waals surface area contributed by atoms with Crippen molar-refractivity contribution in [1.82, 2.24) is 9.55 Å². The van der Waals surface area contributed by atoms with Crippen LogP contribution in [0.1, 0.15) is 52.7 Å². The molecule has 218 valence electrons. The molecule has 1 N–H and O–H groups in total. The SMILES string of the molecule is CC(C)(C)[Si](C)(C)OC[C@H]1O[C@@H](n2cc(F)c(=O)[nH]c2=O)[C@H](OC(=O)CCC(=O)[O-])[C@@H]1OC(=O)CCC(=O)[O-].[K+].[K+]. The number of nitrogens with zero attached hydrogens (tertiary/aromatic N) is 1. The monoisotopic (exact) mass is 652 g/mol. The Morgan fingerprint density at radius 3 is 1.93 bits per heavy atom. The Morgan fingerprint density at radius 1 is 0.976 bits per heavy atom. The van der Waals surface area contributed by atoms with Crippen molar-refractivity contribution < 1.29 is 155 Å². The molecular weight excluding hydrogens is 622 g/mol. The molecule has 4 atom stereocenters. The number of carbonyl (C=O) groups is 4. The maximum absolute atomic E-state index is 14.1. The predicted octanol–water partition coefficient (Wildman–Crippen LogP) is -7.51. The molecule has 2 heterocycles. The van der Waals surface area contributed by atoms with Crippen LogP contribution in [0, 0.1) is 5.82 Å². The van der Waals surface area contributed by atoms with E-state index in [2.05, 4.69) is 0 Å². The van der Waals surface area contributed by atoms with Gasteiger partial charge in [0.25, 0.3) is 5.56 Å². The fourth-order valence-electron chi connectivity index (χ4n) is 3.32. The summed E-state index contributed by atoms with van der Waals surface area (Å²) < 4.78 is 37.5. The number of carbonyl (C=O) groups excluding carboxylic acids is 4. The number of carboxylic acid groups (broad SMARTS) is 2. The Bertz CT molecular complexity index is 1220. The molecule has 0 aliphatic carbocycles. The van der Waals surface area contributed by atoms with E-state index in [9.17, 15) is 43.4 Å². The van der Waals surface area contributed by atoms with E-state index < -0.39 is 99.5 Å². The van der Waals surface area contributed by atoms with Crippen LogP contribution >= 0.6 is 0 Å². The molecular formula is C23H31FK2N2O12Si. The second-order valence-corrected chi connectivity index (χ2v) is 15.2. The third kappa shape index (κ3) is 12.1. The quantitative estimate of drug-likeness (QED) is 0.165. The third-order valence-electron chi connectivity index (χ3n) is 6.50. The van der Waals surface area contributed by atoms with Crippen LogP contribution < -0.4 is 124 Å². The first kappa shape index (κ1) is 40.9. The summed E-state index contributed by atoms with van der Waals surface area (Å²) in [6.07, 6.45) is -8.15. The predicted molar refractivity (Wildman–Crippen MR) is 127 cm³/mol. The minimum absolute atomic E-state index is 0. The van der Waals surface area contributed by atoms with Gasteiger partial charge in [-0.1, -0.05) is 20.8 Å². The van der Waals surface area contributed by atoms with Gasteiger partial charge in [-0.15, -0.1) is 0 Å². The van der Waals surface area contributed by atoms with Crippen LogP contribution in [0.15, 0.2) is 15.8 Å². The number of hydrogen-bond acceptors (Lipinski definition) is 12. The van der Waals surface area contributed by atoms with Gasteiger partial charge in [0.15, 0.2) is 26.8 Å². The Balaban J connectivity index is 0.00000800. The Labute approximate surface area is 321 Å². The number of halogens is 1. The maximum Gasteiger partial charge on any atom is 1.00 e. The third-order valence-corrected chi connectivity index (χ3v) is 11.0. The zero-order valence-electron chi connectivity index (χ0n) is 24.1. The Hall–Kier alpha value is -0.100. The Morgan fingerprint density at radius 2 is 1.46 bits per heavy atom. The summed E-state index contributed by atoms with van der Waals surface area (Å²) in [6.45, 7) is 9.47. The topological polar surface area (TPSA) is 206 Å². The van der Waals surface area contributed by atoms with Crippen LogP contribution in [0.25, 0.3) is 0 Å². The average Bonchev–Trinajstić information content (AvgIpc) is 3.13. The summed E-state index contributed by atoms with van der Waals surface area (Å²) in [6, 6.07) is 0. The molecule has 2 rings (SSSR count). The number of aliphatic carboxylic acids is 2. The zero-order chi connectivity index (χ0) is 29.7. The molecule has 1 aromatic rings. The smallest absolute Gasteiger partial charge is 0.550 e. The van der Waals surface area contributed by atoms with Gasteiger partial charge < -0.3 is 38.4 Å². The summed E-state index contributed by atoms with van der Waals surface area (Å²) >= 11 is 0. The number of carboxylic acids is 2. The van der Waals surface area contributed by atoms with Crippen molar-refractivity contribution >= 4 is 32.2 Å². The van der Waals surface area contributed by atoms with Crippen molar-refractivity contribution in [2.75, 3.05) is 6.61 Å². The molecule has 14 nitrogen and oxygen atoms in total. The number of ether oxygens (including phenoxy) is 3. The fraction of sp³-hybridized carbons (Fsp3) is 0.652. The second kappa shape index (κ2) is 17.4. The van der Waals surface area contributed by atoms with Gasteiger partial charge in [0.1, 0.15) is 6.10 Å². The molecule has 0 bridgehead atoms. The van der Waals surface area contributed by atoms with Gasteiger partial charge in [-0.25, -0.2) is 4.79 Å². The van der Waals surface area contributed by atoms with Crippen LogP contribution in [0.4, 0.5) is 4.39 Å². The first-order valence-electron chi connectivity index (χ1n) is 12.0. The summed E-state index contributed by atoms with van der Waals surface area (Å²) in [5.74, 6) is -6.58. The van der Waals surface area contributed by atoms with Gasteiger partial charge >= 0.3 is 120 Å². The molecule has 0 aromatic carbocycles. The van der Waals surface area contributed by atoms with Crippen LogP contribution in [-0.2, 0) is 37.8 Å². The molecule has 1 fully saturated rings. The van der Waals surface area contributed by atoms with Crippen LogP contribution in [0.5, 0.6) is 0 Å². The van der Waals surface area contributed by atoms with Crippen LogP contribution in [0.2, 0.25) is 18.1 Å². The van der Waals surface area contributed by atoms with E-state index in [4.69, 9.17) is 18.6 Å². The molecule has 0 radical (unpaired) electrons. The molecule has 0 spiro atoms. The molecule has 0 unspecified atom stereocenters.